The Morgan fingerprint density at radius 2 is 1.89 bits per heavy atom. The normalized spacial score (nSPS) is 10.4. The molecule has 0 bridgehead atoms. The molecule has 2 N–H and O–H groups in total. The fourth-order valence-electron chi connectivity index (χ4n) is 2.34. The van der Waals surface area contributed by atoms with Crippen LogP contribution >= 0.6 is 12.2 Å². The van der Waals surface area contributed by atoms with Gasteiger partial charge in [-0.25, -0.2) is 0 Å². The Labute approximate surface area is 172 Å². The minimum atomic E-state index is -0.293. The summed E-state index contributed by atoms with van der Waals surface area (Å²) >= 11 is 5.30. The van der Waals surface area contributed by atoms with Crippen molar-refractivity contribution in [2.75, 3.05) is 18.5 Å². The molecule has 0 saturated carbocycles. The lowest BCUT2D eigenvalue weighted by Crippen LogP contribution is -2.34. The number of carbonyl (C=O) groups is 1. The topological polar surface area (TPSA) is 59.6 Å². The molecule has 1 amide bonds. The zero-order valence-corrected chi connectivity index (χ0v) is 17.5. The number of ether oxygens (including phenoxy) is 2. The number of hydrogen-bond acceptors (Lipinski definition) is 4. The lowest BCUT2D eigenvalue weighted by molar-refractivity contribution is 0.0977. The van der Waals surface area contributed by atoms with Crippen LogP contribution in [0.5, 0.6) is 11.5 Å². The van der Waals surface area contributed by atoms with E-state index in [1.165, 1.54) is 0 Å². The van der Waals surface area contributed by atoms with Crippen LogP contribution in [0.2, 0.25) is 0 Å². The molecule has 28 heavy (non-hydrogen) atoms. The van der Waals surface area contributed by atoms with Crippen LogP contribution in [0.15, 0.2) is 48.5 Å². The molecular weight excluding hydrogens is 372 g/mol. The molecule has 0 spiro atoms. The Kier molecular flexibility index (Phi) is 8.75. The second-order valence-electron chi connectivity index (χ2n) is 6.84. The predicted molar refractivity (Wildman–Crippen MR) is 117 cm³/mol. The Balaban J connectivity index is 1.96. The zero-order valence-electron chi connectivity index (χ0n) is 16.7. The van der Waals surface area contributed by atoms with Gasteiger partial charge in [0.1, 0.15) is 11.5 Å². The van der Waals surface area contributed by atoms with E-state index in [0.29, 0.717) is 41.9 Å². The highest BCUT2D eigenvalue weighted by molar-refractivity contribution is 7.80. The molecule has 0 aromatic heterocycles. The number of hydrogen-bond donors (Lipinski definition) is 2. The molecule has 0 unspecified atom stereocenters. The summed E-state index contributed by atoms with van der Waals surface area (Å²) < 4.78 is 11.5. The van der Waals surface area contributed by atoms with Gasteiger partial charge in [0.05, 0.1) is 18.9 Å². The minimum absolute atomic E-state index is 0.211. The summed E-state index contributed by atoms with van der Waals surface area (Å²) in [7, 11) is 0. The van der Waals surface area contributed by atoms with Crippen LogP contribution < -0.4 is 20.1 Å². The highest BCUT2D eigenvalue weighted by atomic mass is 32.1. The number of rotatable bonds is 9. The smallest absolute Gasteiger partial charge is 0.257 e. The summed E-state index contributed by atoms with van der Waals surface area (Å²) in [6.07, 6.45) is 2.03. The van der Waals surface area contributed by atoms with E-state index in [1.54, 1.807) is 18.2 Å². The van der Waals surface area contributed by atoms with Crippen LogP contribution in [0.1, 0.15) is 44.0 Å². The van der Waals surface area contributed by atoms with Crippen LogP contribution in [0, 0.1) is 5.92 Å². The molecule has 0 aliphatic heterocycles. The Morgan fingerprint density at radius 3 is 2.64 bits per heavy atom. The van der Waals surface area contributed by atoms with Gasteiger partial charge in [0.25, 0.3) is 5.91 Å². The first-order chi connectivity index (χ1) is 13.5. The molecule has 2 rings (SSSR count). The molecule has 6 heteroatoms. The van der Waals surface area contributed by atoms with Crippen LogP contribution in [-0.2, 0) is 0 Å². The van der Waals surface area contributed by atoms with Gasteiger partial charge in [-0.1, -0.05) is 45.4 Å². The van der Waals surface area contributed by atoms with Gasteiger partial charge in [-0.2, -0.15) is 0 Å². The Hall–Kier alpha value is -2.60. The zero-order chi connectivity index (χ0) is 20.4. The van der Waals surface area contributed by atoms with E-state index < -0.39 is 0 Å². The molecule has 0 radical (unpaired) electrons. The highest BCUT2D eigenvalue weighted by Gasteiger charge is 2.11. The third-order valence-electron chi connectivity index (χ3n) is 3.80. The summed E-state index contributed by atoms with van der Waals surface area (Å²) in [6.45, 7) is 7.51. The number of benzene rings is 2. The van der Waals surface area contributed by atoms with E-state index in [9.17, 15) is 4.79 Å². The molecular formula is C22H28N2O3S. The number of carbonyl (C=O) groups excluding carboxylic acids is 1. The van der Waals surface area contributed by atoms with Crippen LogP contribution in [0.3, 0.4) is 0 Å². The molecule has 0 heterocycles. The molecule has 0 fully saturated rings. The maximum absolute atomic E-state index is 12.5. The average Bonchev–Trinajstić information content (AvgIpc) is 2.67. The standard InChI is InChI=1S/C22H28N2O3S/c1-4-5-13-26-18-10-8-9-17(14-18)21(25)24-22(28)23-19-11-6-7-12-20(19)27-15-16(2)3/h6-12,14,16H,4-5,13,15H2,1-3H3,(H2,23,24,25,28). The largest absolute Gasteiger partial charge is 0.494 e. The van der Waals surface area contributed by atoms with Gasteiger partial charge in [-0.15, -0.1) is 0 Å². The molecule has 2 aromatic rings. The molecule has 0 atom stereocenters. The molecule has 5 nitrogen and oxygen atoms in total. The van der Waals surface area contributed by atoms with E-state index in [1.807, 2.05) is 30.3 Å². The van der Waals surface area contributed by atoms with Crippen molar-refractivity contribution in [3.63, 3.8) is 0 Å². The summed E-state index contributed by atoms with van der Waals surface area (Å²) in [5.74, 6) is 1.48. The monoisotopic (exact) mass is 400 g/mol. The number of unbranched alkanes of at least 4 members (excludes halogenated alkanes) is 1. The van der Waals surface area contributed by atoms with Crippen molar-refractivity contribution in [3.05, 3.63) is 54.1 Å². The van der Waals surface area contributed by atoms with E-state index >= 15 is 0 Å². The van der Waals surface area contributed by atoms with Crippen molar-refractivity contribution in [1.82, 2.24) is 5.32 Å². The first kappa shape index (κ1) is 21.7. The van der Waals surface area contributed by atoms with E-state index in [2.05, 4.69) is 31.4 Å². The van der Waals surface area contributed by atoms with Crippen LogP contribution in [-0.4, -0.2) is 24.2 Å². The summed E-state index contributed by atoms with van der Waals surface area (Å²) in [6, 6.07) is 14.6. The molecule has 0 aliphatic carbocycles. The first-order valence-electron chi connectivity index (χ1n) is 9.56. The highest BCUT2D eigenvalue weighted by Crippen LogP contribution is 2.24. The lowest BCUT2D eigenvalue weighted by atomic mass is 10.2. The number of anilines is 1. The van der Waals surface area contributed by atoms with Crippen molar-refractivity contribution in [3.8, 4) is 11.5 Å². The number of amides is 1. The SMILES string of the molecule is CCCCOc1cccc(C(=O)NC(=S)Nc2ccccc2OCC(C)C)c1. The minimum Gasteiger partial charge on any atom is -0.494 e. The summed E-state index contributed by atoms with van der Waals surface area (Å²) in [5, 5.41) is 5.95. The van der Waals surface area contributed by atoms with Gasteiger partial charge in [0, 0.05) is 5.56 Å². The fourth-order valence-corrected chi connectivity index (χ4v) is 2.55. The van der Waals surface area contributed by atoms with E-state index in [4.69, 9.17) is 21.7 Å². The van der Waals surface area contributed by atoms with Gasteiger partial charge in [-0.3, -0.25) is 10.1 Å². The number of nitrogens with one attached hydrogen (secondary N) is 2. The summed E-state index contributed by atoms with van der Waals surface area (Å²) in [4.78, 5) is 12.5. The van der Waals surface area contributed by atoms with Gasteiger partial charge < -0.3 is 14.8 Å². The third-order valence-corrected chi connectivity index (χ3v) is 4.00. The average molecular weight is 401 g/mol. The molecule has 150 valence electrons. The Bertz CT molecular complexity index is 793. The van der Waals surface area contributed by atoms with E-state index in [-0.39, 0.29) is 11.0 Å². The van der Waals surface area contributed by atoms with Crippen molar-refractivity contribution < 1.29 is 14.3 Å². The summed E-state index contributed by atoms with van der Waals surface area (Å²) in [5.41, 5.74) is 1.20. The van der Waals surface area contributed by atoms with Crippen molar-refractivity contribution in [2.24, 2.45) is 5.92 Å². The maximum atomic E-state index is 12.5. The second kappa shape index (κ2) is 11.3. The van der Waals surface area contributed by atoms with Crippen molar-refractivity contribution in [2.45, 2.75) is 33.6 Å². The maximum Gasteiger partial charge on any atom is 0.257 e. The lowest BCUT2D eigenvalue weighted by Gasteiger charge is -2.15. The second-order valence-corrected chi connectivity index (χ2v) is 7.25. The van der Waals surface area contributed by atoms with Gasteiger partial charge >= 0.3 is 0 Å². The van der Waals surface area contributed by atoms with Gasteiger partial charge in [-0.05, 0) is 54.9 Å². The number of thiocarbonyl (C=S) groups is 1. The van der Waals surface area contributed by atoms with Crippen molar-refractivity contribution in [1.29, 1.82) is 0 Å². The van der Waals surface area contributed by atoms with Gasteiger partial charge in [0.15, 0.2) is 5.11 Å². The quantitative estimate of drug-likeness (QED) is 0.457. The molecule has 2 aromatic carbocycles. The molecule has 0 saturated heterocycles. The van der Waals surface area contributed by atoms with Gasteiger partial charge in [0.2, 0.25) is 0 Å². The van der Waals surface area contributed by atoms with Crippen LogP contribution in [0.25, 0.3) is 0 Å². The predicted octanol–water partition coefficient (Wildman–Crippen LogP) is 5.03. The van der Waals surface area contributed by atoms with Crippen molar-refractivity contribution >= 4 is 28.9 Å². The fraction of sp³-hybridized carbons (Fsp3) is 0.364. The molecule has 0 aliphatic rings. The third kappa shape index (κ3) is 7.19. The first-order valence-corrected chi connectivity index (χ1v) is 9.97. The Morgan fingerprint density at radius 1 is 1.11 bits per heavy atom. The number of para-hydroxylation sites is 2. The van der Waals surface area contributed by atoms with E-state index in [0.717, 1.165) is 12.8 Å². The van der Waals surface area contributed by atoms with Crippen LogP contribution in [0.4, 0.5) is 5.69 Å².